The molecule has 1 N–H and O–H groups in total. The van der Waals surface area contributed by atoms with Gasteiger partial charge in [0.2, 0.25) is 5.91 Å². The molecule has 18 heavy (non-hydrogen) atoms. The summed E-state index contributed by atoms with van der Waals surface area (Å²) in [5.74, 6) is 0.776. The molecule has 0 aromatic heterocycles. The number of allylic oxidation sites excluding steroid dienone is 1. The predicted molar refractivity (Wildman–Crippen MR) is 78.7 cm³/mol. The average Bonchev–Trinajstić information content (AvgIpc) is 2.30. The van der Waals surface area contributed by atoms with E-state index in [-0.39, 0.29) is 22.4 Å². The van der Waals surface area contributed by atoms with Gasteiger partial charge in [-0.2, -0.15) is 11.8 Å². The molecule has 0 bridgehead atoms. The van der Waals surface area contributed by atoms with Gasteiger partial charge in [-0.05, 0) is 23.8 Å². The van der Waals surface area contributed by atoms with Crippen molar-refractivity contribution in [2.75, 3.05) is 12.3 Å². The molecular formula is C14H23NO2S. The minimum Gasteiger partial charge on any atom is -0.352 e. The van der Waals surface area contributed by atoms with Crippen molar-refractivity contribution in [2.45, 2.75) is 31.9 Å². The van der Waals surface area contributed by atoms with Gasteiger partial charge in [-0.3, -0.25) is 9.59 Å². The molecule has 0 spiro atoms. The Morgan fingerprint density at radius 3 is 2.33 bits per heavy atom. The van der Waals surface area contributed by atoms with Gasteiger partial charge in [-0.1, -0.05) is 33.9 Å². The van der Waals surface area contributed by atoms with Crippen LogP contribution in [-0.2, 0) is 9.59 Å². The highest BCUT2D eigenvalue weighted by molar-refractivity contribution is 8.00. The first-order valence-electron chi connectivity index (χ1n) is 5.98. The van der Waals surface area contributed by atoms with Gasteiger partial charge >= 0.3 is 0 Å². The first-order valence-corrected chi connectivity index (χ1v) is 6.96. The quantitative estimate of drug-likeness (QED) is 0.689. The smallest absolute Gasteiger partial charge is 0.243 e. The third kappa shape index (κ3) is 9.05. The standard InChI is InChI=1S/C14H23NO2S/c1-6-12(16)8-11(9-15-13(17)7-2)10-18-14(3,4)5/h6-7,11H,1-2,8-10H2,3-5H3,(H,15,17). The Kier molecular flexibility index (Phi) is 7.67. The second kappa shape index (κ2) is 8.14. The van der Waals surface area contributed by atoms with Crippen LogP contribution in [0.2, 0.25) is 0 Å². The maximum Gasteiger partial charge on any atom is 0.243 e. The van der Waals surface area contributed by atoms with Gasteiger partial charge in [-0.25, -0.2) is 0 Å². The van der Waals surface area contributed by atoms with E-state index in [0.717, 1.165) is 5.75 Å². The number of hydrogen-bond donors (Lipinski definition) is 1. The number of ketones is 1. The van der Waals surface area contributed by atoms with Gasteiger partial charge in [0.15, 0.2) is 5.78 Å². The van der Waals surface area contributed by atoms with Crippen molar-refractivity contribution in [3.63, 3.8) is 0 Å². The maximum atomic E-state index is 11.4. The summed E-state index contributed by atoms with van der Waals surface area (Å²) in [4.78, 5) is 22.5. The lowest BCUT2D eigenvalue weighted by Gasteiger charge is -2.22. The number of rotatable bonds is 8. The van der Waals surface area contributed by atoms with E-state index in [2.05, 4.69) is 39.2 Å². The third-order valence-electron chi connectivity index (χ3n) is 2.22. The van der Waals surface area contributed by atoms with Crippen LogP contribution in [0.3, 0.4) is 0 Å². The van der Waals surface area contributed by atoms with Crippen molar-refractivity contribution in [2.24, 2.45) is 5.92 Å². The van der Waals surface area contributed by atoms with Gasteiger partial charge in [0.05, 0.1) is 0 Å². The monoisotopic (exact) mass is 269 g/mol. The molecule has 0 aromatic carbocycles. The van der Waals surface area contributed by atoms with Crippen molar-refractivity contribution in [1.82, 2.24) is 5.32 Å². The van der Waals surface area contributed by atoms with Crippen LogP contribution in [-0.4, -0.2) is 28.7 Å². The number of amides is 1. The Bertz CT molecular complexity index is 318. The molecule has 0 saturated heterocycles. The van der Waals surface area contributed by atoms with Crippen LogP contribution >= 0.6 is 11.8 Å². The summed E-state index contributed by atoms with van der Waals surface area (Å²) in [7, 11) is 0. The summed E-state index contributed by atoms with van der Waals surface area (Å²) in [5.41, 5.74) is 0. The molecular weight excluding hydrogens is 246 g/mol. The van der Waals surface area contributed by atoms with Crippen molar-refractivity contribution < 1.29 is 9.59 Å². The van der Waals surface area contributed by atoms with Crippen LogP contribution < -0.4 is 5.32 Å². The van der Waals surface area contributed by atoms with Crippen LogP contribution in [0, 0.1) is 5.92 Å². The van der Waals surface area contributed by atoms with Crippen molar-refractivity contribution in [3.8, 4) is 0 Å². The summed E-state index contributed by atoms with van der Waals surface area (Å²) in [5, 5.41) is 2.74. The zero-order chi connectivity index (χ0) is 14.2. The first kappa shape index (κ1) is 17.0. The Labute approximate surface area is 114 Å². The molecule has 0 fully saturated rings. The second-order valence-electron chi connectivity index (χ2n) is 5.11. The zero-order valence-electron chi connectivity index (χ0n) is 11.5. The highest BCUT2D eigenvalue weighted by Gasteiger charge is 2.18. The van der Waals surface area contributed by atoms with Crippen molar-refractivity contribution >= 4 is 23.5 Å². The average molecular weight is 269 g/mol. The molecule has 0 rings (SSSR count). The van der Waals surface area contributed by atoms with Crippen molar-refractivity contribution in [3.05, 3.63) is 25.3 Å². The molecule has 4 heteroatoms. The van der Waals surface area contributed by atoms with Crippen LogP contribution in [0.1, 0.15) is 27.2 Å². The van der Waals surface area contributed by atoms with Crippen LogP contribution in [0.25, 0.3) is 0 Å². The molecule has 1 unspecified atom stereocenters. The summed E-state index contributed by atoms with van der Waals surface area (Å²) >= 11 is 1.79. The van der Waals surface area contributed by atoms with Gasteiger partial charge in [0.1, 0.15) is 0 Å². The Hall–Kier alpha value is -1.03. The topological polar surface area (TPSA) is 46.2 Å². The van der Waals surface area contributed by atoms with Crippen molar-refractivity contribution in [1.29, 1.82) is 0 Å². The van der Waals surface area contributed by atoms with E-state index in [1.807, 2.05) is 0 Å². The van der Waals surface area contributed by atoms with Gasteiger partial charge in [0, 0.05) is 17.7 Å². The SMILES string of the molecule is C=CC(=O)CC(CNC(=O)C=C)CSC(C)(C)C. The molecule has 1 atom stereocenters. The van der Waals surface area contributed by atoms with Crippen LogP contribution in [0.4, 0.5) is 0 Å². The molecule has 0 aliphatic heterocycles. The fraction of sp³-hybridized carbons (Fsp3) is 0.571. The van der Waals surface area contributed by atoms with Crippen LogP contribution in [0.15, 0.2) is 25.3 Å². The van der Waals surface area contributed by atoms with E-state index in [4.69, 9.17) is 0 Å². The molecule has 0 saturated carbocycles. The summed E-state index contributed by atoms with van der Waals surface area (Å²) in [6.07, 6.45) is 3.00. The van der Waals surface area contributed by atoms with E-state index in [9.17, 15) is 9.59 Å². The fourth-order valence-electron chi connectivity index (χ4n) is 1.24. The molecule has 0 aliphatic rings. The second-order valence-corrected chi connectivity index (χ2v) is 6.96. The Morgan fingerprint density at radius 2 is 1.89 bits per heavy atom. The third-order valence-corrected chi connectivity index (χ3v) is 3.72. The highest BCUT2D eigenvalue weighted by Crippen LogP contribution is 2.26. The minimum atomic E-state index is -0.202. The summed E-state index contributed by atoms with van der Waals surface area (Å²) < 4.78 is 0.151. The molecule has 102 valence electrons. The van der Waals surface area contributed by atoms with E-state index in [0.29, 0.717) is 13.0 Å². The molecule has 0 heterocycles. The normalized spacial score (nSPS) is 12.6. The first-order chi connectivity index (χ1) is 8.28. The number of carbonyl (C=O) groups excluding carboxylic acids is 2. The number of carbonyl (C=O) groups is 2. The van der Waals surface area contributed by atoms with E-state index >= 15 is 0 Å². The largest absolute Gasteiger partial charge is 0.352 e. The van der Waals surface area contributed by atoms with Gasteiger partial charge in [0.25, 0.3) is 0 Å². The number of thioether (sulfide) groups is 1. The van der Waals surface area contributed by atoms with Crippen LogP contribution in [0.5, 0.6) is 0 Å². The van der Waals surface area contributed by atoms with Gasteiger partial charge < -0.3 is 5.32 Å². The Morgan fingerprint density at radius 1 is 1.28 bits per heavy atom. The number of hydrogen-bond acceptors (Lipinski definition) is 3. The summed E-state index contributed by atoms with van der Waals surface area (Å²) in [6.45, 7) is 13.8. The molecule has 1 amide bonds. The lowest BCUT2D eigenvalue weighted by Crippen LogP contribution is -2.30. The molecule has 0 aliphatic carbocycles. The Balaban J connectivity index is 4.32. The lowest BCUT2D eigenvalue weighted by molar-refractivity contribution is -0.118. The molecule has 0 radical (unpaired) electrons. The maximum absolute atomic E-state index is 11.4. The number of nitrogens with one attached hydrogen (secondary N) is 1. The van der Waals surface area contributed by atoms with E-state index in [1.54, 1.807) is 11.8 Å². The van der Waals surface area contributed by atoms with E-state index < -0.39 is 0 Å². The highest BCUT2D eigenvalue weighted by atomic mass is 32.2. The fourth-order valence-corrected chi connectivity index (χ4v) is 2.21. The summed E-state index contributed by atoms with van der Waals surface area (Å²) in [6, 6.07) is 0. The zero-order valence-corrected chi connectivity index (χ0v) is 12.3. The van der Waals surface area contributed by atoms with Gasteiger partial charge in [-0.15, -0.1) is 0 Å². The van der Waals surface area contributed by atoms with E-state index in [1.165, 1.54) is 12.2 Å². The predicted octanol–water partition coefficient (Wildman–Crippen LogP) is 2.58. The minimum absolute atomic E-state index is 0.0161. The lowest BCUT2D eigenvalue weighted by atomic mass is 10.0. The molecule has 0 aromatic rings. The molecule has 3 nitrogen and oxygen atoms in total.